The molecule has 0 saturated carbocycles. The monoisotopic (exact) mass is 442 g/mol. The second kappa shape index (κ2) is 9.87. The van der Waals surface area contributed by atoms with Crippen molar-refractivity contribution >= 4 is 29.0 Å². The summed E-state index contributed by atoms with van der Waals surface area (Å²) in [5.74, 6) is -0.127. The van der Waals surface area contributed by atoms with Gasteiger partial charge in [0.05, 0.1) is 11.3 Å². The van der Waals surface area contributed by atoms with Crippen molar-refractivity contribution in [2.75, 3.05) is 14.1 Å². The second-order valence-corrected chi connectivity index (χ2v) is 9.28. The molecule has 0 aliphatic carbocycles. The predicted molar refractivity (Wildman–Crippen MR) is 125 cm³/mol. The number of carbonyl (C=O) groups is 2. The van der Waals surface area contributed by atoms with Gasteiger partial charge in [0, 0.05) is 19.7 Å². The number of benzene rings is 1. The zero-order valence-electron chi connectivity index (χ0n) is 19.4. The van der Waals surface area contributed by atoms with Crippen molar-refractivity contribution in [3.8, 4) is 10.6 Å². The van der Waals surface area contributed by atoms with E-state index in [1.165, 1.54) is 11.3 Å². The molecule has 2 rings (SSSR count). The Kier molecular flexibility index (Phi) is 7.73. The number of ether oxygens (including phenoxy) is 1. The Labute approximate surface area is 187 Å². The van der Waals surface area contributed by atoms with Crippen molar-refractivity contribution in [1.82, 2.24) is 15.2 Å². The van der Waals surface area contributed by atoms with Gasteiger partial charge in [-0.1, -0.05) is 30.3 Å². The fourth-order valence-electron chi connectivity index (χ4n) is 2.39. The summed E-state index contributed by atoms with van der Waals surface area (Å²) in [6, 6.07) is 9.68. The van der Waals surface area contributed by atoms with Gasteiger partial charge in [0.2, 0.25) is 0 Å². The van der Waals surface area contributed by atoms with E-state index in [2.05, 4.69) is 15.3 Å². The van der Waals surface area contributed by atoms with E-state index < -0.39 is 11.6 Å². The molecule has 1 aromatic carbocycles. The lowest BCUT2D eigenvalue weighted by molar-refractivity contribution is -0.149. The quantitative estimate of drug-likeness (QED) is 0.321. The zero-order valence-corrected chi connectivity index (χ0v) is 20.2. The lowest BCUT2D eigenvalue weighted by atomic mass is 10.2. The molecule has 8 heteroatoms. The SMILES string of the molecule is C/C(=N\C(NC(=O)c1sc(-c2ccccc2)nc1C)=C(/C)C(=O)OC(C)(C)C)N(C)C. The number of aliphatic imine (C=N–C) groups is 1. The predicted octanol–water partition coefficient (Wildman–Crippen LogP) is 4.40. The minimum atomic E-state index is -0.660. The Hall–Kier alpha value is -3.00. The van der Waals surface area contributed by atoms with Gasteiger partial charge in [-0.3, -0.25) is 4.79 Å². The summed E-state index contributed by atoms with van der Waals surface area (Å²) >= 11 is 1.30. The summed E-state index contributed by atoms with van der Waals surface area (Å²) in [7, 11) is 3.67. The Balaban J connectivity index is 2.40. The molecule has 0 radical (unpaired) electrons. The molecule has 0 bridgehead atoms. The normalized spacial score (nSPS) is 12.8. The maximum atomic E-state index is 13.1. The number of nitrogens with one attached hydrogen (secondary N) is 1. The molecular weight excluding hydrogens is 412 g/mol. The second-order valence-electron chi connectivity index (χ2n) is 8.28. The number of rotatable bonds is 5. The number of thiazole rings is 1. The number of hydrogen-bond donors (Lipinski definition) is 1. The van der Waals surface area contributed by atoms with Gasteiger partial charge in [-0.25, -0.2) is 14.8 Å². The van der Waals surface area contributed by atoms with Crippen LogP contribution in [0.25, 0.3) is 10.6 Å². The van der Waals surface area contributed by atoms with Gasteiger partial charge in [0.25, 0.3) is 5.91 Å². The molecule has 166 valence electrons. The first-order chi connectivity index (χ1) is 14.4. The molecule has 0 spiro atoms. The highest BCUT2D eigenvalue weighted by molar-refractivity contribution is 7.17. The topological polar surface area (TPSA) is 83.9 Å². The number of nitrogens with zero attached hydrogens (tertiary/aromatic N) is 3. The number of carbonyl (C=O) groups excluding carboxylic acids is 2. The van der Waals surface area contributed by atoms with E-state index in [0.29, 0.717) is 16.4 Å². The third-order valence-electron chi connectivity index (χ3n) is 4.24. The maximum absolute atomic E-state index is 13.1. The fourth-order valence-corrected chi connectivity index (χ4v) is 3.36. The van der Waals surface area contributed by atoms with Gasteiger partial charge < -0.3 is 15.0 Å². The van der Waals surface area contributed by atoms with Gasteiger partial charge in [0.15, 0.2) is 0 Å². The molecule has 0 saturated heterocycles. The van der Waals surface area contributed by atoms with Crippen LogP contribution in [0.3, 0.4) is 0 Å². The van der Waals surface area contributed by atoms with Crippen molar-refractivity contribution < 1.29 is 14.3 Å². The molecule has 1 aromatic heterocycles. The van der Waals surface area contributed by atoms with Crippen LogP contribution < -0.4 is 5.32 Å². The number of amides is 1. The number of esters is 1. The Morgan fingerprint density at radius 2 is 1.74 bits per heavy atom. The van der Waals surface area contributed by atoms with E-state index in [9.17, 15) is 9.59 Å². The van der Waals surface area contributed by atoms with Crippen LogP contribution in [0.5, 0.6) is 0 Å². The molecule has 1 amide bonds. The molecule has 2 aromatic rings. The summed E-state index contributed by atoms with van der Waals surface area (Å²) in [6.45, 7) is 10.5. The first-order valence-corrected chi connectivity index (χ1v) is 10.7. The van der Waals surface area contributed by atoms with E-state index in [4.69, 9.17) is 4.74 Å². The first kappa shape index (κ1) is 24.3. The fraction of sp³-hybridized carbons (Fsp3) is 0.391. The van der Waals surface area contributed by atoms with Crippen LogP contribution in [0, 0.1) is 6.92 Å². The molecular formula is C23H30N4O3S. The number of aryl methyl sites for hydroxylation is 1. The summed E-state index contributed by atoms with van der Waals surface area (Å²) in [6.07, 6.45) is 0. The average Bonchev–Trinajstić information content (AvgIpc) is 3.07. The molecule has 0 unspecified atom stereocenters. The van der Waals surface area contributed by atoms with Gasteiger partial charge in [-0.2, -0.15) is 0 Å². The Morgan fingerprint density at radius 3 is 2.29 bits per heavy atom. The highest BCUT2D eigenvalue weighted by Gasteiger charge is 2.23. The molecule has 1 heterocycles. The molecule has 0 atom stereocenters. The van der Waals surface area contributed by atoms with E-state index in [-0.39, 0.29) is 17.3 Å². The van der Waals surface area contributed by atoms with Crippen LogP contribution in [0.1, 0.15) is 50.0 Å². The molecule has 0 aliphatic rings. The van der Waals surface area contributed by atoms with Gasteiger partial charge in [0.1, 0.15) is 27.1 Å². The molecule has 0 aliphatic heterocycles. The molecule has 7 nitrogen and oxygen atoms in total. The summed E-state index contributed by atoms with van der Waals surface area (Å²) in [4.78, 5) is 36.9. The van der Waals surface area contributed by atoms with Gasteiger partial charge >= 0.3 is 5.97 Å². The lowest BCUT2D eigenvalue weighted by Crippen LogP contribution is -2.29. The largest absolute Gasteiger partial charge is 0.457 e. The van der Waals surface area contributed by atoms with E-state index in [0.717, 1.165) is 10.6 Å². The minimum Gasteiger partial charge on any atom is -0.457 e. The molecule has 0 fully saturated rings. The third-order valence-corrected chi connectivity index (χ3v) is 5.44. The molecule has 1 N–H and O–H groups in total. The summed E-state index contributed by atoms with van der Waals surface area (Å²) in [5, 5.41) is 3.54. The van der Waals surface area contributed by atoms with Gasteiger partial charge in [-0.15, -0.1) is 11.3 Å². The van der Waals surface area contributed by atoms with E-state index >= 15 is 0 Å². The van der Waals surface area contributed by atoms with Crippen LogP contribution in [0.2, 0.25) is 0 Å². The highest BCUT2D eigenvalue weighted by Crippen LogP contribution is 2.28. The van der Waals surface area contributed by atoms with Crippen LogP contribution >= 0.6 is 11.3 Å². The Morgan fingerprint density at radius 1 is 1.13 bits per heavy atom. The summed E-state index contributed by atoms with van der Waals surface area (Å²) in [5.41, 5.74) is 1.11. The molecule has 31 heavy (non-hydrogen) atoms. The third kappa shape index (κ3) is 6.75. The zero-order chi connectivity index (χ0) is 23.3. The highest BCUT2D eigenvalue weighted by atomic mass is 32.1. The standard InChI is InChI=1S/C23H30N4O3S/c1-14(22(29)30-23(4,5)6)19(25-16(3)27(7)8)26-20(28)18-15(2)24-21(31-18)17-12-10-9-11-13-17/h9-13H,1-8H3,(H,26,28)/b19-14-,25-16+. The number of aromatic nitrogens is 1. The smallest absolute Gasteiger partial charge is 0.337 e. The van der Waals surface area contributed by atoms with Crippen LogP contribution in [-0.4, -0.2) is 47.3 Å². The summed E-state index contributed by atoms with van der Waals surface area (Å²) < 4.78 is 5.45. The Bertz CT molecular complexity index is 1020. The van der Waals surface area contributed by atoms with Crippen molar-refractivity contribution in [3.05, 3.63) is 52.3 Å². The lowest BCUT2D eigenvalue weighted by Gasteiger charge is -2.21. The van der Waals surface area contributed by atoms with Crippen LogP contribution in [0.15, 0.2) is 46.7 Å². The number of hydrogen-bond acceptors (Lipinski definition) is 6. The van der Waals surface area contributed by atoms with Crippen LogP contribution in [0.4, 0.5) is 0 Å². The van der Waals surface area contributed by atoms with Crippen molar-refractivity contribution in [2.24, 2.45) is 4.99 Å². The van der Waals surface area contributed by atoms with Crippen LogP contribution in [-0.2, 0) is 9.53 Å². The van der Waals surface area contributed by atoms with E-state index in [1.807, 2.05) is 44.4 Å². The van der Waals surface area contributed by atoms with Crippen molar-refractivity contribution in [1.29, 1.82) is 0 Å². The van der Waals surface area contributed by atoms with Crippen molar-refractivity contribution in [2.45, 2.75) is 47.1 Å². The number of amidine groups is 1. The van der Waals surface area contributed by atoms with Gasteiger partial charge in [-0.05, 0) is 41.5 Å². The maximum Gasteiger partial charge on any atom is 0.337 e. The first-order valence-electron chi connectivity index (χ1n) is 9.90. The van der Waals surface area contributed by atoms with Crippen molar-refractivity contribution in [3.63, 3.8) is 0 Å². The minimum absolute atomic E-state index is 0.152. The average molecular weight is 443 g/mol. The van der Waals surface area contributed by atoms with E-state index in [1.54, 1.807) is 46.4 Å².